The second kappa shape index (κ2) is 17.0. The van der Waals surface area contributed by atoms with Crippen LogP contribution in [0.1, 0.15) is 33.6 Å². The van der Waals surface area contributed by atoms with Crippen molar-refractivity contribution in [1.82, 2.24) is 19.9 Å². The minimum atomic E-state index is -0.995. The molecule has 12 nitrogen and oxygen atoms in total. The number of imidazole rings is 2. The molecule has 0 saturated carbocycles. The Morgan fingerprint density at radius 2 is 0.960 bits per heavy atom. The number of nitrogens with one attached hydrogen (secondary N) is 4. The molecule has 2 unspecified atom stereocenters. The second-order valence-electron chi connectivity index (χ2n) is 11.2. The summed E-state index contributed by atoms with van der Waals surface area (Å²) in [4.78, 5) is 56.5. The Bertz CT molecular complexity index is 2090. The van der Waals surface area contributed by atoms with Crippen molar-refractivity contribution in [2.75, 3.05) is 14.2 Å². The molecule has 8 rings (SSSR count). The average Bonchev–Trinajstić information content (AvgIpc) is 3.72. The van der Waals surface area contributed by atoms with E-state index in [0.717, 1.165) is 86.7 Å². The van der Waals surface area contributed by atoms with Crippen molar-refractivity contribution in [2.45, 2.75) is 38.5 Å². The van der Waals surface area contributed by atoms with Gasteiger partial charge in [-0.1, -0.05) is 36.4 Å². The number of aryl methyl sites for hydroxylation is 4. The largest absolute Gasteiger partial charge is 2.00 e. The standard InChI is InChI=1S/C30H22N4O2P2.2C2H5NO2.2V/c35-13-37-29-31-25-11-9-21-19-3-1-15-16(18(19)6-8-23(21)27(25)33-29)2-4-20-17(15)5-7-24-22(20)10-12-26-28(24)34-30(32-26)38-14-36;2*1-5-2(3)4;;/h1,3,5-8,37-38H,2,4,9-12H2,(H,31,33)(H,32,34);2*1H3,(H2,3,4);;/q-2;;;2*+2/p-2. The van der Waals surface area contributed by atoms with E-state index in [9.17, 15) is 19.2 Å². The molecule has 5 aromatic rings. The quantitative estimate of drug-likeness (QED) is 0.166. The van der Waals surface area contributed by atoms with Gasteiger partial charge in [0.25, 0.3) is 0 Å². The molecule has 252 valence electrons. The maximum atomic E-state index is 10.9. The van der Waals surface area contributed by atoms with Crippen molar-refractivity contribution in [3.05, 3.63) is 81.5 Å². The molecule has 2 radical (unpaired) electrons. The first-order valence-electron chi connectivity index (χ1n) is 15.0. The summed E-state index contributed by atoms with van der Waals surface area (Å²) in [6.07, 6.45) is 3.84. The number of benzene rings is 3. The predicted molar refractivity (Wildman–Crippen MR) is 188 cm³/mol. The minimum Gasteiger partial charge on any atom is -0.632 e. The van der Waals surface area contributed by atoms with E-state index in [2.05, 4.69) is 55.8 Å². The molecule has 2 aromatic heterocycles. The van der Waals surface area contributed by atoms with Crippen LogP contribution >= 0.6 is 17.2 Å². The van der Waals surface area contributed by atoms with E-state index in [-0.39, 0.29) is 54.3 Å². The number of nitrogens with zero attached hydrogens (tertiary/aromatic N) is 2. The first kappa shape index (κ1) is 39.0. The number of amides is 2. The summed E-state index contributed by atoms with van der Waals surface area (Å²) >= 11 is 0. The van der Waals surface area contributed by atoms with Gasteiger partial charge >= 0.3 is 37.1 Å². The Kier molecular flexibility index (Phi) is 13.3. The Labute approximate surface area is 315 Å². The summed E-state index contributed by atoms with van der Waals surface area (Å²) in [5.74, 6) is 0. The number of hydrogen-bond donors (Lipinski definition) is 2. The van der Waals surface area contributed by atoms with Crippen LogP contribution in [-0.2, 0) is 94.7 Å². The van der Waals surface area contributed by atoms with E-state index in [1.807, 2.05) is 12.1 Å². The number of methoxy groups -OCH3 is 2. The van der Waals surface area contributed by atoms with Gasteiger partial charge in [0.1, 0.15) is 0 Å². The SMILES string of the molecule is COC([NH-])=O.COC([NH-])=O.O=[C-]Pc1nc2c([nH]1)CCc1c-2ccc2c1CCc1c-2ccc2c3c(ccc12)-c1nc(P[C-]=O)[nH]c1CC3.[V+2].[V+2]. The van der Waals surface area contributed by atoms with Crippen LogP contribution in [0.2, 0.25) is 0 Å². The molecular weight excluding hydrogens is 752 g/mol. The Morgan fingerprint density at radius 3 is 1.46 bits per heavy atom. The molecule has 4 N–H and O–H groups in total. The molecule has 3 aliphatic carbocycles. The van der Waals surface area contributed by atoms with Crippen molar-refractivity contribution in [3.8, 4) is 33.6 Å². The van der Waals surface area contributed by atoms with E-state index in [4.69, 9.17) is 21.4 Å². The Balaban J connectivity index is 0.000000416. The van der Waals surface area contributed by atoms with Crippen molar-refractivity contribution >= 4 is 63.3 Å². The summed E-state index contributed by atoms with van der Waals surface area (Å²) < 4.78 is 7.56. The van der Waals surface area contributed by atoms with Crippen molar-refractivity contribution in [2.24, 2.45) is 0 Å². The van der Waals surface area contributed by atoms with Crippen LogP contribution in [0.5, 0.6) is 0 Å². The molecule has 16 heteroatoms. The molecule has 2 atom stereocenters. The molecular formula is C34H30N6O6P2V2. The number of H-pyrrole nitrogens is 2. The van der Waals surface area contributed by atoms with Crippen molar-refractivity contribution < 1.29 is 65.8 Å². The molecule has 2 heterocycles. The van der Waals surface area contributed by atoms with Gasteiger partial charge in [0.15, 0.2) is 0 Å². The zero-order valence-corrected chi connectivity index (χ0v) is 31.7. The summed E-state index contributed by atoms with van der Waals surface area (Å²) in [6.45, 7) is 0. The van der Waals surface area contributed by atoms with Crippen LogP contribution in [0.4, 0.5) is 9.59 Å². The second-order valence-corrected chi connectivity index (χ2v) is 13.0. The van der Waals surface area contributed by atoms with Crippen LogP contribution in [0.15, 0.2) is 36.4 Å². The minimum absolute atomic E-state index is 0. The van der Waals surface area contributed by atoms with Crippen LogP contribution in [0, 0.1) is 0 Å². The van der Waals surface area contributed by atoms with Crippen molar-refractivity contribution in [1.29, 1.82) is 0 Å². The molecule has 0 saturated heterocycles. The number of ether oxygens (including phenoxy) is 2. The van der Waals surface area contributed by atoms with E-state index < -0.39 is 12.2 Å². The van der Waals surface area contributed by atoms with Crippen LogP contribution in [0.3, 0.4) is 0 Å². The molecule has 0 fully saturated rings. The fraction of sp³-hybridized carbons (Fsp3) is 0.235. The first-order chi connectivity index (χ1) is 23.3. The number of carbonyl (C=O) groups excluding carboxylic acids is 4. The van der Waals surface area contributed by atoms with Gasteiger partial charge in [0.05, 0.1) is 36.7 Å². The van der Waals surface area contributed by atoms with Gasteiger partial charge in [0.2, 0.25) is 12.2 Å². The van der Waals surface area contributed by atoms with E-state index in [1.165, 1.54) is 55.3 Å². The fourth-order valence-corrected chi connectivity index (χ4v) is 7.83. The van der Waals surface area contributed by atoms with Gasteiger partial charge < -0.3 is 40.5 Å². The number of aromatic nitrogens is 4. The third-order valence-corrected chi connectivity index (χ3v) is 9.95. The fourth-order valence-electron chi connectivity index (χ4n) is 6.87. The first-order valence-corrected chi connectivity index (χ1v) is 17.0. The summed E-state index contributed by atoms with van der Waals surface area (Å²) in [5.41, 5.74) is 28.4. The van der Waals surface area contributed by atoms with Gasteiger partial charge in [-0.05, 0) is 82.7 Å². The van der Waals surface area contributed by atoms with E-state index >= 15 is 0 Å². The van der Waals surface area contributed by atoms with E-state index in [1.54, 1.807) is 0 Å². The molecule has 0 aliphatic heterocycles. The number of fused-ring (bicyclic) bond motifs is 13. The molecule has 2 amide bonds. The normalized spacial score (nSPS) is 12.9. The maximum absolute atomic E-state index is 10.9. The predicted octanol–water partition coefficient (Wildman–Crippen LogP) is 5.93. The van der Waals surface area contributed by atoms with Gasteiger partial charge in [-0.25, -0.2) is 22.0 Å². The number of carbonyl (C=O) groups is 2. The smallest absolute Gasteiger partial charge is 0.632 e. The average molecular weight is 782 g/mol. The topological polar surface area (TPSA) is 192 Å². The number of rotatable bonds is 4. The Morgan fingerprint density at radius 1 is 0.620 bits per heavy atom. The third-order valence-electron chi connectivity index (χ3n) is 8.80. The number of aromatic amines is 2. The molecule has 0 spiro atoms. The van der Waals surface area contributed by atoms with Gasteiger partial charge in [0, 0.05) is 22.5 Å². The molecule has 0 bridgehead atoms. The van der Waals surface area contributed by atoms with Crippen LogP contribution in [-0.4, -0.2) is 58.4 Å². The third kappa shape index (κ3) is 7.62. The molecule has 3 aromatic carbocycles. The summed E-state index contributed by atoms with van der Waals surface area (Å²) in [5, 5.41) is 2.67. The summed E-state index contributed by atoms with van der Waals surface area (Å²) in [7, 11) is 2.22. The monoisotopic (exact) mass is 782 g/mol. The maximum Gasteiger partial charge on any atom is 2.00 e. The van der Waals surface area contributed by atoms with Crippen LogP contribution in [0.25, 0.3) is 55.9 Å². The molecule has 50 heavy (non-hydrogen) atoms. The van der Waals surface area contributed by atoms with Crippen molar-refractivity contribution in [3.63, 3.8) is 0 Å². The Hall–Kier alpha value is -3.75. The van der Waals surface area contributed by atoms with Gasteiger partial charge in [-0.2, -0.15) is 17.2 Å². The van der Waals surface area contributed by atoms with Gasteiger partial charge in [-0.15, -0.1) is 0 Å². The van der Waals surface area contributed by atoms with E-state index in [0.29, 0.717) is 0 Å². The molecule has 3 aliphatic rings. The van der Waals surface area contributed by atoms with Gasteiger partial charge in [-0.3, -0.25) is 9.59 Å². The zero-order chi connectivity index (χ0) is 33.9. The summed E-state index contributed by atoms with van der Waals surface area (Å²) in [6, 6.07) is 17.6. The zero-order valence-electron chi connectivity index (χ0n) is 26.9. The number of hydrogen-bond acceptors (Lipinski definition) is 8. The van der Waals surface area contributed by atoms with Crippen LogP contribution < -0.4 is 11.1 Å².